The Morgan fingerprint density at radius 1 is 1.06 bits per heavy atom. The van der Waals surface area contributed by atoms with E-state index < -0.39 is 0 Å². The lowest BCUT2D eigenvalue weighted by atomic mass is 9.55. The number of hydrogen-bond acceptors (Lipinski definition) is 1. The van der Waals surface area contributed by atoms with Crippen LogP contribution in [0.2, 0.25) is 0 Å². The first-order valence-corrected chi connectivity index (χ1v) is 7.73. The van der Waals surface area contributed by atoms with E-state index in [1.165, 1.54) is 50.7 Å². The molecule has 2 nitrogen and oxygen atoms in total. The maximum Gasteiger partial charge on any atom is 0.222 e. The van der Waals surface area contributed by atoms with Crippen LogP contribution in [0, 0.1) is 29.6 Å². The Morgan fingerprint density at radius 3 is 2.06 bits per heavy atom. The van der Waals surface area contributed by atoms with E-state index in [1.807, 2.05) is 6.08 Å². The first-order chi connectivity index (χ1) is 8.76. The van der Waals surface area contributed by atoms with E-state index in [-0.39, 0.29) is 6.04 Å². The Balaban J connectivity index is 1.68. The summed E-state index contributed by atoms with van der Waals surface area (Å²) in [5.74, 6) is 3.97. The molecule has 4 bridgehead atoms. The third kappa shape index (κ3) is 1.57. The van der Waals surface area contributed by atoms with Gasteiger partial charge in [0, 0.05) is 17.8 Å². The van der Waals surface area contributed by atoms with Crippen molar-refractivity contribution in [1.29, 1.82) is 0 Å². The fraction of sp³-hybridized carbons (Fsp3) is 0.812. The lowest BCUT2D eigenvalue weighted by molar-refractivity contribution is -0.797. The van der Waals surface area contributed by atoms with Gasteiger partial charge in [-0.3, -0.25) is 5.21 Å². The van der Waals surface area contributed by atoms with E-state index in [1.54, 1.807) is 4.74 Å². The second kappa shape index (κ2) is 3.85. The minimum Gasteiger partial charge on any atom is -0.290 e. The van der Waals surface area contributed by atoms with Crippen LogP contribution < -0.4 is 0 Å². The Morgan fingerprint density at radius 2 is 1.61 bits per heavy atom. The van der Waals surface area contributed by atoms with Crippen molar-refractivity contribution in [3.8, 4) is 0 Å². The molecule has 0 aromatic carbocycles. The largest absolute Gasteiger partial charge is 0.290 e. The van der Waals surface area contributed by atoms with E-state index in [2.05, 4.69) is 6.58 Å². The van der Waals surface area contributed by atoms with Crippen LogP contribution in [0.4, 0.5) is 0 Å². The quantitative estimate of drug-likeness (QED) is 0.351. The monoisotopic (exact) mass is 246 g/mol. The van der Waals surface area contributed by atoms with Gasteiger partial charge in [0.1, 0.15) is 0 Å². The molecule has 0 amide bonds. The molecule has 0 saturated heterocycles. The molecule has 0 heterocycles. The van der Waals surface area contributed by atoms with Crippen LogP contribution in [0.5, 0.6) is 0 Å². The Labute approximate surface area is 109 Å². The summed E-state index contributed by atoms with van der Waals surface area (Å²) in [7, 11) is 0. The number of rotatable bonds is 3. The van der Waals surface area contributed by atoms with E-state index in [0.717, 1.165) is 11.8 Å². The molecule has 1 unspecified atom stereocenters. The molecule has 1 N–H and O–H groups in total. The summed E-state index contributed by atoms with van der Waals surface area (Å²) in [6.07, 6.45) is 11.3. The van der Waals surface area contributed by atoms with Crippen LogP contribution in [-0.4, -0.2) is 21.7 Å². The molecule has 0 aliphatic heterocycles. The van der Waals surface area contributed by atoms with Crippen molar-refractivity contribution in [2.24, 2.45) is 29.6 Å². The number of hydroxylamine groups is 1. The highest BCUT2D eigenvalue weighted by Gasteiger charge is 2.52. The van der Waals surface area contributed by atoms with Gasteiger partial charge in [-0.2, -0.15) is 0 Å². The first-order valence-electron chi connectivity index (χ1n) is 7.73. The van der Waals surface area contributed by atoms with Crippen molar-refractivity contribution in [2.45, 2.75) is 51.0 Å². The molecule has 5 aliphatic rings. The Hall–Kier alpha value is -0.790. The molecule has 5 rings (SSSR count). The van der Waals surface area contributed by atoms with E-state index in [4.69, 9.17) is 0 Å². The molecule has 5 saturated carbocycles. The van der Waals surface area contributed by atoms with Crippen LogP contribution in [0.3, 0.4) is 0 Å². The average Bonchev–Trinajstić information content (AvgIpc) is 3.13. The van der Waals surface area contributed by atoms with Crippen molar-refractivity contribution in [3.05, 3.63) is 12.7 Å². The SMILES string of the molecule is C=CC(C1CC1)[N+](O)=C1C2CC3CC(C2)CC1C3. The van der Waals surface area contributed by atoms with Crippen molar-refractivity contribution < 1.29 is 9.95 Å². The van der Waals surface area contributed by atoms with Gasteiger partial charge in [-0.1, -0.05) is 6.58 Å². The van der Waals surface area contributed by atoms with Gasteiger partial charge in [-0.05, 0) is 67.6 Å². The zero-order chi connectivity index (χ0) is 12.3. The molecular formula is C16H24NO+. The van der Waals surface area contributed by atoms with Gasteiger partial charge in [0.05, 0.1) is 0 Å². The van der Waals surface area contributed by atoms with Crippen LogP contribution in [0.25, 0.3) is 0 Å². The summed E-state index contributed by atoms with van der Waals surface area (Å²) in [6.45, 7) is 3.94. The third-order valence-corrected chi connectivity index (χ3v) is 5.87. The summed E-state index contributed by atoms with van der Waals surface area (Å²) in [4.78, 5) is 0. The number of nitrogens with zero attached hydrogens (tertiary/aromatic N) is 1. The molecule has 5 fully saturated rings. The molecule has 0 radical (unpaired) electrons. The first kappa shape index (κ1) is 11.1. The maximum absolute atomic E-state index is 10.7. The van der Waals surface area contributed by atoms with Crippen molar-refractivity contribution in [3.63, 3.8) is 0 Å². The summed E-state index contributed by atoms with van der Waals surface area (Å²) >= 11 is 0. The summed E-state index contributed by atoms with van der Waals surface area (Å²) in [5, 5.41) is 10.7. The maximum atomic E-state index is 10.7. The minimum atomic E-state index is 0.192. The molecule has 18 heavy (non-hydrogen) atoms. The standard InChI is InChI=1S/C16H24NO/c1-2-15(12-3-4-12)17(18)16-13-6-10-5-11(8-13)9-14(16)7-10/h2,10-15,18H,1,3-9H2/q+1. The van der Waals surface area contributed by atoms with Crippen molar-refractivity contribution in [2.75, 3.05) is 0 Å². The molecule has 1 atom stereocenters. The Bertz CT molecular complexity index is 377. The van der Waals surface area contributed by atoms with Gasteiger partial charge in [0.2, 0.25) is 11.8 Å². The van der Waals surface area contributed by atoms with E-state index in [9.17, 15) is 5.21 Å². The lowest BCUT2D eigenvalue weighted by Gasteiger charge is -2.48. The molecule has 2 heteroatoms. The smallest absolute Gasteiger partial charge is 0.222 e. The fourth-order valence-corrected chi connectivity index (χ4v) is 5.14. The second-order valence-electron chi connectivity index (χ2n) is 7.14. The van der Waals surface area contributed by atoms with E-state index in [0.29, 0.717) is 17.8 Å². The highest BCUT2D eigenvalue weighted by molar-refractivity contribution is 5.86. The normalized spacial score (nSPS) is 43.0. The van der Waals surface area contributed by atoms with Crippen LogP contribution in [0.15, 0.2) is 12.7 Å². The molecule has 0 aromatic rings. The van der Waals surface area contributed by atoms with Gasteiger partial charge in [-0.15, -0.1) is 0 Å². The summed E-state index contributed by atoms with van der Waals surface area (Å²) in [5.41, 5.74) is 1.39. The summed E-state index contributed by atoms with van der Waals surface area (Å²) < 4.78 is 1.66. The molecule has 0 aromatic heterocycles. The van der Waals surface area contributed by atoms with Crippen molar-refractivity contribution in [1.82, 2.24) is 0 Å². The average molecular weight is 246 g/mol. The zero-order valence-corrected chi connectivity index (χ0v) is 11.1. The van der Waals surface area contributed by atoms with Gasteiger partial charge in [0.15, 0.2) is 0 Å². The molecule has 5 aliphatic carbocycles. The predicted octanol–water partition coefficient (Wildman–Crippen LogP) is 3.25. The van der Waals surface area contributed by atoms with Crippen molar-refractivity contribution >= 4 is 5.71 Å². The van der Waals surface area contributed by atoms with E-state index >= 15 is 0 Å². The zero-order valence-electron chi connectivity index (χ0n) is 11.1. The Kier molecular flexibility index (Phi) is 2.37. The fourth-order valence-electron chi connectivity index (χ4n) is 5.14. The van der Waals surface area contributed by atoms with Gasteiger partial charge < -0.3 is 0 Å². The third-order valence-electron chi connectivity index (χ3n) is 5.87. The number of hydrogen-bond donors (Lipinski definition) is 1. The second-order valence-corrected chi connectivity index (χ2v) is 7.14. The highest BCUT2D eigenvalue weighted by atomic mass is 16.5. The molecular weight excluding hydrogens is 222 g/mol. The van der Waals surface area contributed by atoms with Crippen LogP contribution >= 0.6 is 0 Å². The lowest BCUT2D eigenvalue weighted by Crippen LogP contribution is -2.50. The minimum absolute atomic E-state index is 0.192. The van der Waals surface area contributed by atoms with Gasteiger partial charge in [0.25, 0.3) is 0 Å². The molecule has 98 valence electrons. The van der Waals surface area contributed by atoms with Gasteiger partial charge >= 0.3 is 0 Å². The van der Waals surface area contributed by atoms with Gasteiger partial charge in [-0.25, -0.2) is 0 Å². The topological polar surface area (TPSA) is 23.2 Å². The predicted molar refractivity (Wildman–Crippen MR) is 70.8 cm³/mol. The van der Waals surface area contributed by atoms with Crippen LogP contribution in [-0.2, 0) is 0 Å². The van der Waals surface area contributed by atoms with Crippen LogP contribution in [0.1, 0.15) is 44.9 Å². The summed E-state index contributed by atoms with van der Waals surface area (Å²) in [6, 6.07) is 0.192. The highest BCUT2D eigenvalue weighted by Crippen LogP contribution is 2.52. The molecule has 0 spiro atoms.